The molecular weight excluding hydrogens is 340 g/mol. The average Bonchev–Trinajstić information content (AvgIpc) is 3.17. The molecule has 1 N–H and O–H groups in total. The van der Waals surface area contributed by atoms with Crippen LogP contribution in [0.5, 0.6) is 5.88 Å². The van der Waals surface area contributed by atoms with E-state index >= 15 is 0 Å². The molecule has 0 radical (unpaired) electrons. The minimum atomic E-state index is -0.158. The highest BCUT2D eigenvalue weighted by atomic mass is 16.5. The van der Waals surface area contributed by atoms with Crippen LogP contribution in [0.2, 0.25) is 0 Å². The van der Waals surface area contributed by atoms with Crippen molar-refractivity contribution in [3.05, 3.63) is 66.1 Å². The van der Waals surface area contributed by atoms with E-state index in [-0.39, 0.29) is 5.78 Å². The monoisotopic (exact) mass is 362 g/mol. The Bertz CT molecular complexity index is 965. The fraction of sp³-hybridized carbons (Fsp3) is 0.286. The third-order valence-electron chi connectivity index (χ3n) is 5.03. The predicted octanol–water partition coefficient (Wildman–Crippen LogP) is 3.54. The number of nitrogens with one attached hydrogen (secondary N) is 1. The molecule has 1 aliphatic rings. The second-order valence-electron chi connectivity index (χ2n) is 6.74. The number of aromatic nitrogens is 3. The molecule has 1 atom stereocenters. The van der Waals surface area contributed by atoms with E-state index < -0.39 is 0 Å². The number of nitrogens with zero attached hydrogens (tertiary/aromatic N) is 3. The van der Waals surface area contributed by atoms with Crippen molar-refractivity contribution >= 4 is 16.7 Å². The summed E-state index contributed by atoms with van der Waals surface area (Å²) in [5, 5.41) is 7.66. The van der Waals surface area contributed by atoms with Crippen LogP contribution in [0.15, 0.2) is 54.9 Å². The molecule has 0 aliphatic carbocycles. The number of H-pyrrole nitrogens is 1. The lowest BCUT2D eigenvalue weighted by atomic mass is 9.91. The molecule has 1 fully saturated rings. The normalized spacial score (nSPS) is 17.5. The van der Waals surface area contributed by atoms with Crippen LogP contribution in [0.1, 0.15) is 34.8 Å². The summed E-state index contributed by atoms with van der Waals surface area (Å²) < 4.78 is 5.28. The van der Waals surface area contributed by atoms with Crippen LogP contribution < -0.4 is 4.74 Å². The molecule has 3 heterocycles. The Hall–Kier alpha value is -3.15. The molecule has 27 heavy (non-hydrogen) atoms. The van der Waals surface area contributed by atoms with Gasteiger partial charge in [-0.1, -0.05) is 30.3 Å². The van der Waals surface area contributed by atoms with Gasteiger partial charge >= 0.3 is 0 Å². The van der Waals surface area contributed by atoms with Crippen molar-refractivity contribution in [3.63, 3.8) is 0 Å². The lowest BCUT2D eigenvalue weighted by Crippen LogP contribution is -2.30. The minimum Gasteiger partial charge on any atom is -0.480 e. The molecule has 2 aromatic heterocycles. The number of methoxy groups -OCH3 is 1. The van der Waals surface area contributed by atoms with Crippen LogP contribution in [0.4, 0.5) is 0 Å². The summed E-state index contributed by atoms with van der Waals surface area (Å²) >= 11 is 0. The van der Waals surface area contributed by atoms with E-state index in [1.54, 1.807) is 18.3 Å². The minimum absolute atomic E-state index is 0.158. The molecule has 0 saturated carbocycles. The molecule has 0 amide bonds. The smallest absolute Gasteiger partial charge is 0.225 e. The molecule has 6 heteroatoms. The van der Waals surface area contributed by atoms with Gasteiger partial charge in [0.15, 0.2) is 0 Å². The Morgan fingerprint density at radius 3 is 2.96 bits per heavy atom. The SMILES string of the molecule is COc1nccc2[nH]nc(C(=O)/C=C/N3CCC[C@H](c4ccccc4)C3)c12. The molecule has 1 aliphatic heterocycles. The second-order valence-corrected chi connectivity index (χ2v) is 6.74. The van der Waals surface area contributed by atoms with Gasteiger partial charge in [0.1, 0.15) is 5.69 Å². The number of carbonyl (C=O) groups is 1. The maximum absolute atomic E-state index is 12.7. The van der Waals surface area contributed by atoms with E-state index in [1.165, 1.54) is 19.1 Å². The van der Waals surface area contributed by atoms with Crippen molar-refractivity contribution in [2.24, 2.45) is 0 Å². The largest absolute Gasteiger partial charge is 0.480 e. The highest BCUT2D eigenvalue weighted by molar-refractivity contribution is 6.12. The van der Waals surface area contributed by atoms with Gasteiger partial charge in [0.25, 0.3) is 0 Å². The van der Waals surface area contributed by atoms with Crippen LogP contribution in [0.3, 0.4) is 0 Å². The van der Waals surface area contributed by atoms with Crippen LogP contribution in [0, 0.1) is 0 Å². The van der Waals surface area contributed by atoms with Gasteiger partial charge in [0, 0.05) is 37.5 Å². The first-order valence-corrected chi connectivity index (χ1v) is 9.15. The van der Waals surface area contributed by atoms with Crippen molar-refractivity contribution in [1.29, 1.82) is 0 Å². The van der Waals surface area contributed by atoms with Crippen LogP contribution in [-0.4, -0.2) is 46.1 Å². The maximum atomic E-state index is 12.7. The zero-order valence-electron chi connectivity index (χ0n) is 15.3. The summed E-state index contributed by atoms with van der Waals surface area (Å²) in [6, 6.07) is 12.3. The summed E-state index contributed by atoms with van der Waals surface area (Å²) in [6.45, 7) is 1.87. The molecule has 138 valence electrons. The van der Waals surface area contributed by atoms with Crippen molar-refractivity contribution < 1.29 is 9.53 Å². The van der Waals surface area contributed by atoms with E-state index in [0.29, 0.717) is 22.9 Å². The van der Waals surface area contributed by atoms with Gasteiger partial charge in [-0.05, 0) is 24.5 Å². The zero-order valence-corrected chi connectivity index (χ0v) is 15.3. The van der Waals surface area contributed by atoms with Gasteiger partial charge in [-0.3, -0.25) is 9.89 Å². The summed E-state index contributed by atoms with van der Waals surface area (Å²) in [4.78, 5) is 19.1. The molecule has 4 rings (SSSR count). The van der Waals surface area contributed by atoms with Crippen molar-refractivity contribution in [1.82, 2.24) is 20.1 Å². The van der Waals surface area contributed by atoms with E-state index in [0.717, 1.165) is 25.0 Å². The molecular formula is C21H22N4O2. The van der Waals surface area contributed by atoms with Crippen molar-refractivity contribution in [2.75, 3.05) is 20.2 Å². The first-order valence-electron chi connectivity index (χ1n) is 9.15. The van der Waals surface area contributed by atoms with Crippen LogP contribution in [0.25, 0.3) is 10.9 Å². The van der Waals surface area contributed by atoms with Gasteiger partial charge < -0.3 is 9.64 Å². The van der Waals surface area contributed by atoms with E-state index in [9.17, 15) is 4.79 Å². The van der Waals surface area contributed by atoms with Crippen LogP contribution in [-0.2, 0) is 0 Å². The van der Waals surface area contributed by atoms with Gasteiger partial charge in [-0.25, -0.2) is 4.98 Å². The fourth-order valence-corrected chi connectivity index (χ4v) is 3.66. The summed E-state index contributed by atoms with van der Waals surface area (Å²) in [5.41, 5.74) is 2.43. The number of hydrogen-bond donors (Lipinski definition) is 1. The van der Waals surface area contributed by atoms with Crippen LogP contribution >= 0.6 is 0 Å². The number of fused-ring (bicyclic) bond motifs is 1. The van der Waals surface area contributed by atoms with E-state index in [2.05, 4.69) is 44.3 Å². The van der Waals surface area contributed by atoms with Crippen molar-refractivity contribution in [2.45, 2.75) is 18.8 Å². The molecule has 0 bridgehead atoms. The average molecular weight is 362 g/mol. The van der Waals surface area contributed by atoms with E-state index in [4.69, 9.17) is 4.74 Å². The maximum Gasteiger partial charge on any atom is 0.225 e. The topological polar surface area (TPSA) is 71.1 Å². The Balaban J connectivity index is 1.50. The number of piperidine rings is 1. The quantitative estimate of drug-likeness (QED) is 0.555. The first-order chi connectivity index (χ1) is 13.3. The molecule has 1 saturated heterocycles. The second kappa shape index (κ2) is 7.61. The highest BCUT2D eigenvalue weighted by Crippen LogP contribution is 2.27. The highest BCUT2D eigenvalue weighted by Gasteiger charge is 2.20. The predicted molar refractivity (Wildman–Crippen MR) is 104 cm³/mol. The number of allylic oxidation sites excluding steroid dienone is 1. The summed E-state index contributed by atoms with van der Waals surface area (Å²) in [5.74, 6) is 0.740. The number of ether oxygens (including phenoxy) is 1. The summed E-state index contributed by atoms with van der Waals surface area (Å²) in [7, 11) is 1.54. The van der Waals surface area contributed by atoms with Gasteiger partial charge in [0.2, 0.25) is 11.7 Å². The van der Waals surface area contributed by atoms with E-state index in [1.807, 2.05) is 12.3 Å². The lowest BCUT2D eigenvalue weighted by molar-refractivity contribution is 0.104. The summed E-state index contributed by atoms with van der Waals surface area (Å²) in [6.07, 6.45) is 7.40. The number of likely N-dealkylation sites (tertiary alicyclic amines) is 1. The Kier molecular flexibility index (Phi) is 4.87. The first kappa shape index (κ1) is 17.3. The molecule has 3 aromatic rings. The fourth-order valence-electron chi connectivity index (χ4n) is 3.66. The molecule has 0 unspecified atom stereocenters. The Labute approximate surface area is 157 Å². The van der Waals surface area contributed by atoms with Gasteiger partial charge in [-0.2, -0.15) is 5.10 Å². The van der Waals surface area contributed by atoms with Gasteiger partial charge in [-0.15, -0.1) is 0 Å². The number of benzene rings is 1. The standard InChI is InChI=1S/C21H22N4O2/c1-27-21-19-17(9-11-22-21)23-24-20(19)18(26)10-13-25-12-5-8-16(14-25)15-6-3-2-4-7-15/h2-4,6-7,9-11,13,16H,5,8,12,14H2,1H3,(H,23,24)/b13-10+/t16-/m0/s1. The number of ketones is 1. The number of aromatic amines is 1. The zero-order chi connectivity index (χ0) is 18.6. The third kappa shape index (κ3) is 3.56. The number of carbonyl (C=O) groups excluding carboxylic acids is 1. The van der Waals surface area contributed by atoms with Crippen molar-refractivity contribution in [3.8, 4) is 5.88 Å². The Morgan fingerprint density at radius 2 is 2.15 bits per heavy atom. The molecule has 6 nitrogen and oxygen atoms in total. The lowest BCUT2D eigenvalue weighted by Gasteiger charge is -2.32. The third-order valence-corrected chi connectivity index (χ3v) is 5.03. The number of rotatable bonds is 5. The Morgan fingerprint density at radius 1 is 1.30 bits per heavy atom. The number of pyridine rings is 1. The van der Waals surface area contributed by atoms with Gasteiger partial charge in [0.05, 0.1) is 18.0 Å². The molecule has 1 aromatic carbocycles. The molecule has 0 spiro atoms. The number of hydrogen-bond acceptors (Lipinski definition) is 5.